The van der Waals surface area contributed by atoms with Crippen LogP contribution in [0.25, 0.3) is 0 Å². The SMILES string of the molecule is COc1cc(OC)cc(C(=O)N[C@H]2CN(C3CCOCC3)C[C@@H]2c2cccnc2)c1. The molecule has 0 unspecified atom stereocenters. The second kappa shape index (κ2) is 9.45. The van der Waals surface area contributed by atoms with Crippen LogP contribution in [-0.2, 0) is 4.74 Å². The lowest BCUT2D eigenvalue weighted by atomic mass is 9.95. The van der Waals surface area contributed by atoms with Crippen molar-refractivity contribution in [2.24, 2.45) is 0 Å². The largest absolute Gasteiger partial charge is 0.497 e. The molecule has 2 aliphatic heterocycles. The van der Waals surface area contributed by atoms with Crippen LogP contribution >= 0.6 is 0 Å². The number of amides is 1. The molecule has 3 heterocycles. The fraction of sp³-hybridized carbons (Fsp3) is 0.478. The Hall–Kier alpha value is -2.64. The molecule has 1 N–H and O–H groups in total. The van der Waals surface area contributed by atoms with E-state index in [-0.39, 0.29) is 17.9 Å². The van der Waals surface area contributed by atoms with Gasteiger partial charge >= 0.3 is 0 Å². The quantitative estimate of drug-likeness (QED) is 0.787. The van der Waals surface area contributed by atoms with Crippen molar-refractivity contribution in [2.45, 2.75) is 30.8 Å². The Kier molecular flexibility index (Phi) is 6.50. The molecule has 2 atom stereocenters. The van der Waals surface area contributed by atoms with E-state index in [4.69, 9.17) is 14.2 Å². The van der Waals surface area contributed by atoms with Crippen molar-refractivity contribution in [3.63, 3.8) is 0 Å². The monoisotopic (exact) mass is 411 g/mol. The number of likely N-dealkylation sites (tertiary alicyclic amines) is 1. The molecule has 1 aromatic heterocycles. The lowest BCUT2D eigenvalue weighted by molar-refractivity contribution is 0.0412. The maximum atomic E-state index is 13.1. The van der Waals surface area contributed by atoms with Gasteiger partial charge in [-0.2, -0.15) is 0 Å². The number of nitrogens with one attached hydrogen (secondary N) is 1. The molecular weight excluding hydrogens is 382 g/mol. The molecule has 1 aromatic carbocycles. The van der Waals surface area contributed by atoms with Gasteiger partial charge in [0.25, 0.3) is 5.91 Å². The number of hydrogen-bond donors (Lipinski definition) is 1. The van der Waals surface area contributed by atoms with E-state index in [1.54, 1.807) is 38.6 Å². The van der Waals surface area contributed by atoms with Crippen molar-refractivity contribution in [3.05, 3.63) is 53.9 Å². The number of nitrogens with zero attached hydrogens (tertiary/aromatic N) is 2. The van der Waals surface area contributed by atoms with Crippen molar-refractivity contribution in [1.29, 1.82) is 0 Å². The Morgan fingerprint density at radius 1 is 1.13 bits per heavy atom. The van der Waals surface area contributed by atoms with Crippen LogP contribution in [0.1, 0.15) is 34.7 Å². The van der Waals surface area contributed by atoms with E-state index in [2.05, 4.69) is 21.3 Å². The normalized spacial score (nSPS) is 22.6. The van der Waals surface area contributed by atoms with Crippen LogP contribution in [-0.4, -0.2) is 68.4 Å². The average molecular weight is 412 g/mol. The lowest BCUT2D eigenvalue weighted by Gasteiger charge is -2.31. The fourth-order valence-corrected chi connectivity index (χ4v) is 4.45. The number of aromatic nitrogens is 1. The molecule has 160 valence electrons. The summed E-state index contributed by atoms with van der Waals surface area (Å²) in [5, 5.41) is 3.26. The zero-order valence-corrected chi connectivity index (χ0v) is 17.5. The standard InChI is InChI=1S/C23H29N3O4/c1-28-19-10-17(11-20(12-19)29-2)23(27)25-22-15-26(18-5-8-30-9-6-18)14-21(22)16-4-3-7-24-13-16/h3-4,7,10-13,18,21-22H,5-6,8-9,14-15H2,1-2H3,(H,25,27)/t21-,22+/m1/s1. The number of methoxy groups -OCH3 is 2. The van der Waals surface area contributed by atoms with Crippen molar-refractivity contribution in [1.82, 2.24) is 15.2 Å². The van der Waals surface area contributed by atoms with Gasteiger partial charge in [0.15, 0.2) is 0 Å². The summed E-state index contributed by atoms with van der Waals surface area (Å²) in [6.45, 7) is 3.33. The number of rotatable bonds is 6. The van der Waals surface area contributed by atoms with Crippen molar-refractivity contribution in [2.75, 3.05) is 40.5 Å². The third-order valence-electron chi connectivity index (χ3n) is 6.10. The summed E-state index contributed by atoms with van der Waals surface area (Å²) in [5.74, 6) is 1.26. The number of ether oxygens (including phenoxy) is 3. The van der Waals surface area contributed by atoms with Gasteiger partial charge in [-0.25, -0.2) is 0 Å². The third kappa shape index (κ3) is 4.57. The maximum Gasteiger partial charge on any atom is 0.251 e. The summed E-state index contributed by atoms with van der Waals surface area (Å²) < 4.78 is 16.2. The lowest BCUT2D eigenvalue weighted by Crippen LogP contribution is -2.42. The molecule has 0 aliphatic carbocycles. The van der Waals surface area contributed by atoms with Gasteiger partial charge in [-0.1, -0.05) is 6.07 Å². The Morgan fingerprint density at radius 3 is 2.50 bits per heavy atom. The molecule has 0 radical (unpaired) electrons. The molecule has 0 spiro atoms. The minimum absolute atomic E-state index is 0.00161. The summed E-state index contributed by atoms with van der Waals surface area (Å²) in [5.41, 5.74) is 1.68. The molecule has 30 heavy (non-hydrogen) atoms. The van der Waals surface area contributed by atoms with Crippen LogP contribution in [0.2, 0.25) is 0 Å². The topological polar surface area (TPSA) is 72.9 Å². The van der Waals surface area contributed by atoms with E-state index in [0.717, 1.165) is 44.7 Å². The van der Waals surface area contributed by atoms with E-state index in [0.29, 0.717) is 23.1 Å². The van der Waals surface area contributed by atoms with E-state index < -0.39 is 0 Å². The minimum atomic E-state index is -0.125. The number of benzene rings is 1. The second-order valence-electron chi connectivity index (χ2n) is 7.87. The molecule has 2 fully saturated rings. The first-order valence-corrected chi connectivity index (χ1v) is 10.4. The summed E-state index contributed by atoms with van der Waals surface area (Å²) in [7, 11) is 3.16. The van der Waals surface area contributed by atoms with Crippen molar-refractivity contribution in [3.8, 4) is 11.5 Å². The Labute approximate surface area is 177 Å². The predicted molar refractivity (Wildman–Crippen MR) is 113 cm³/mol. The Balaban J connectivity index is 1.54. The molecule has 4 rings (SSSR count). The van der Waals surface area contributed by atoms with Gasteiger partial charge in [-0.05, 0) is 36.6 Å². The van der Waals surface area contributed by atoms with Crippen LogP contribution in [0.3, 0.4) is 0 Å². The van der Waals surface area contributed by atoms with E-state index >= 15 is 0 Å². The molecule has 0 saturated carbocycles. The molecule has 2 aromatic rings. The minimum Gasteiger partial charge on any atom is -0.497 e. The third-order valence-corrected chi connectivity index (χ3v) is 6.10. The number of carbonyl (C=O) groups excluding carboxylic acids is 1. The highest BCUT2D eigenvalue weighted by molar-refractivity contribution is 5.95. The van der Waals surface area contributed by atoms with Gasteiger partial charge < -0.3 is 19.5 Å². The molecule has 2 aliphatic rings. The van der Waals surface area contributed by atoms with E-state index in [1.807, 2.05) is 12.3 Å². The van der Waals surface area contributed by atoms with E-state index in [1.165, 1.54) is 0 Å². The Morgan fingerprint density at radius 2 is 1.87 bits per heavy atom. The van der Waals surface area contributed by atoms with Crippen LogP contribution in [0, 0.1) is 0 Å². The summed E-state index contributed by atoms with van der Waals surface area (Å²) in [4.78, 5) is 19.9. The predicted octanol–water partition coefficient (Wildman–Crippen LogP) is 2.48. The van der Waals surface area contributed by atoms with Gasteiger partial charge in [0.1, 0.15) is 11.5 Å². The van der Waals surface area contributed by atoms with Crippen LogP contribution < -0.4 is 14.8 Å². The number of pyridine rings is 1. The highest BCUT2D eigenvalue weighted by Crippen LogP contribution is 2.31. The molecule has 7 heteroatoms. The molecule has 2 saturated heterocycles. The summed E-state index contributed by atoms with van der Waals surface area (Å²) in [6.07, 6.45) is 5.76. The molecule has 7 nitrogen and oxygen atoms in total. The molecule has 1 amide bonds. The first-order chi connectivity index (χ1) is 14.7. The number of carbonyl (C=O) groups is 1. The van der Waals surface area contributed by atoms with Gasteiger partial charge in [-0.3, -0.25) is 14.7 Å². The first-order valence-electron chi connectivity index (χ1n) is 10.4. The molecule has 0 bridgehead atoms. The van der Waals surface area contributed by atoms with Crippen LogP contribution in [0.15, 0.2) is 42.7 Å². The zero-order chi connectivity index (χ0) is 20.9. The Bertz CT molecular complexity index is 833. The fourth-order valence-electron chi connectivity index (χ4n) is 4.45. The second-order valence-corrected chi connectivity index (χ2v) is 7.87. The highest BCUT2D eigenvalue weighted by atomic mass is 16.5. The first kappa shape index (κ1) is 20.6. The summed E-state index contributed by atoms with van der Waals surface area (Å²) in [6, 6.07) is 9.79. The number of hydrogen-bond acceptors (Lipinski definition) is 6. The van der Waals surface area contributed by atoms with Gasteiger partial charge in [0.05, 0.1) is 14.2 Å². The van der Waals surface area contributed by atoms with Crippen LogP contribution in [0.4, 0.5) is 0 Å². The molecular formula is C23H29N3O4. The summed E-state index contributed by atoms with van der Waals surface area (Å²) >= 11 is 0. The maximum absolute atomic E-state index is 13.1. The highest BCUT2D eigenvalue weighted by Gasteiger charge is 2.38. The van der Waals surface area contributed by atoms with Gasteiger partial charge in [0.2, 0.25) is 0 Å². The smallest absolute Gasteiger partial charge is 0.251 e. The van der Waals surface area contributed by atoms with Gasteiger partial charge in [0, 0.05) is 68.3 Å². The average Bonchev–Trinajstić information content (AvgIpc) is 3.23. The van der Waals surface area contributed by atoms with E-state index in [9.17, 15) is 4.79 Å². The van der Waals surface area contributed by atoms with Crippen molar-refractivity contribution >= 4 is 5.91 Å². The van der Waals surface area contributed by atoms with Crippen LogP contribution in [0.5, 0.6) is 11.5 Å². The van der Waals surface area contributed by atoms with Gasteiger partial charge in [-0.15, -0.1) is 0 Å². The zero-order valence-electron chi connectivity index (χ0n) is 17.5. The van der Waals surface area contributed by atoms with Crippen molar-refractivity contribution < 1.29 is 19.0 Å².